The van der Waals surface area contributed by atoms with Crippen molar-refractivity contribution < 1.29 is 23.2 Å². The number of urea groups is 1. The predicted molar refractivity (Wildman–Crippen MR) is 127 cm³/mol. The van der Waals surface area contributed by atoms with Crippen molar-refractivity contribution in [3.63, 3.8) is 0 Å². The van der Waals surface area contributed by atoms with E-state index in [0.29, 0.717) is 38.0 Å². The monoisotopic (exact) mass is 494 g/mol. The molecule has 0 aromatic carbocycles. The van der Waals surface area contributed by atoms with Crippen LogP contribution in [0.1, 0.15) is 78.1 Å². The molecule has 0 spiro atoms. The standard InChI is InChI=1S/C26H40F2N4O3/c1-13(2)15-8-3-6-14-7-4-11-20(33)29-19-10-5-9-17(27)21(19)22-18(28)12-16-24(30-22)32(23(14)15)26(35)31-25(16)34/h13-19,21-24,30H,3-12H2,1-2H3,(H,29,33)(H,31,34,35). The van der Waals surface area contributed by atoms with E-state index in [9.17, 15) is 14.4 Å². The van der Waals surface area contributed by atoms with Gasteiger partial charge in [-0.05, 0) is 69.1 Å². The highest BCUT2D eigenvalue weighted by Crippen LogP contribution is 2.44. The third-order valence-corrected chi connectivity index (χ3v) is 9.54. The van der Waals surface area contributed by atoms with Crippen LogP contribution in [0.4, 0.5) is 13.6 Å². The first-order valence-corrected chi connectivity index (χ1v) is 13.7. The van der Waals surface area contributed by atoms with Crippen LogP contribution >= 0.6 is 0 Å². The van der Waals surface area contributed by atoms with Gasteiger partial charge in [-0.25, -0.2) is 13.6 Å². The Kier molecular flexibility index (Phi) is 7.07. The molecule has 196 valence electrons. The molecular formula is C26H40F2N4O3. The molecule has 10 unspecified atom stereocenters. The van der Waals surface area contributed by atoms with Crippen molar-refractivity contribution in [2.45, 2.75) is 115 Å². The van der Waals surface area contributed by atoms with Gasteiger partial charge in [-0.3, -0.25) is 20.2 Å². The summed E-state index contributed by atoms with van der Waals surface area (Å²) in [6.07, 6.45) is 3.05. The summed E-state index contributed by atoms with van der Waals surface area (Å²) in [4.78, 5) is 40.9. The van der Waals surface area contributed by atoms with Gasteiger partial charge in [0.25, 0.3) is 0 Å². The number of rotatable bonds is 1. The molecule has 2 aliphatic carbocycles. The van der Waals surface area contributed by atoms with Crippen molar-refractivity contribution in [2.24, 2.45) is 29.6 Å². The molecule has 5 fully saturated rings. The van der Waals surface area contributed by atoms with Crippen molar-refractivity contribution in [1.82, 2.24) is 20.9 Å². The fourth-order valence-electron chi connectivity index (χ4n) is 7.92. The lowest BCUT2D eigenvalue weighted by Gasteiger charge is -2.55. The van der Waals surface area contributed by atoms with Gasteiger partial charge in [0.15, 0.2) is 0 Å². The first-order valence-electron chi connectivity index (χ1n) is 13.7. The molecule has 9 heteroatoms. The van der Waals surface area contributed by atoms with E-state index in [0.717, 1.165) is 25.7 Å². The van der Waals surface area contributed by atoms with E-state index in [2.05, 4.69) is 29.8 Å². The Morgan fingerprint density at radius 1 is 0.943 bits per heavy atom. The highest BCUT2D eigenvalue weighted by atomic mass is 19.1. The molecule has 10 atom stereocenters. The Balaban J connectivity index is 1.57. The molecule has 35 heavy (non-hydrogen) atoms. The maximum absolute atomic E-state index is 15.7. The Labute approximate surface area is 206 Å². The zero-order valence-electron chi connectivity index (χ0n) is 20.8. The molecule has 2 bridgehead atoms. The summed E-state index contributed by atoms with van der Waals surface area (Å²) in [6.45, 7) is 4.34. The van der Waals surface area contributed by atoms with Gasteiger partial charge in [0.1, 0.15) is 12.3 Å². The second kappa shape index (κ2) is 9.94. The Bertz CT molecular complexity index is 841. The molecule has 0 aromatic rings. The minimum atomic E-state index is -1.44. The molecule has 3 heterocycles. The van der Waals surface area contributed by atoms with Gasteiger partial charge in [0.05, 0.1) is 12.1 Å². The third-order valence-electron chi connectivity index (χ3n) is 9.54. The second-order valence-corrected chi connectivity index (χ2v) is 11.9. The van der Waals surface area contributed by atoms with Gasteiger partial charge in [-0.2, -0.15) is 0 Å². The van der Waals surface area contributed by atoms with Crippen LogP contribution in [0.3, 0.4) is 0 Å². The normalized spacial score (nSPS) is 44.7. The van der Waals surface area contributed by atoms with Crippen molar-refractivity contribution in [2.75, 3.05) is 0 Å². The van der Waals surface area contributed by atoms with Crippen LogP contribution < -0.4 is 16.0 Å². The molecule has 0 radical (unpaired) electrons. The summed E-state index contributed by atoms with van der Waals surface area (Å²) >= 11 is 0. The molecule has 0 aromatic heterocycles. The minimum absolute atomic E-state index is 0.0500. The van der Waals surface area contributed by atoms with E-state index in [4.69, 9.17) is 0 Å². The number of carbonyl (C=O) groups excluding carboxylic acids is 3. The van der Waals surface area contributed by atoms with Crippen LogP contribution in [0, 0.1) is 29.6 Å². The fraction of sp³-hybridized carbons (Fsp3) is 0.885. The summed E-state index contributed by atoms with van der Waals surface area (Å²) < 4.78 is 31.1. The SMILES string of the molecule is CC(C)C1CCCC2CCCC(=O)NC3CCCC(F)C3C3NC4C(CC3F)C(=O)NC(=O)N4C21. The van der Waals surface area contributed by atoms with Crippen LogP contribution in [0.2, 0.25) is 0 Å². The van der Waals surface area contributed by atoms with E-state index < -0.39 is 54.4 Å². The van der Waals surface area contributed by atoms with Gasteiger partial charge < -0.3 is 10.2 Å². The highest BCUT2D eigenvalue weighted by molar-refractivity contribution is 5.98. The number of nitrogens with one attached hydrogen (secondary N) is 3. The topological polar surface area (TPSA) is 90.5 Å². The predicted octanol–water partition coefficient (Wildman–Crippen LogP) is 3.43. The molecule has 3 aliphatic heterocycles. The smallest absolute Gasteiger partial charge is 0.325 e. The van der Waals surface area contributed by atoms with E-state index in [-0.39, 0.29) is 30.2 Å². The van der Waals surface area contributed by atoms with Crippen LogP contribution in [-0.2, 0) is 9.59 Å². The van der Waals surface area contributed by atoms with Gasteiger partial charge in [-0.15, -0.1) is 0 Å². The highest BCUT2D eigenvalue weighted by Gasteiger charge is 2.56. The fourth-order valence-corrected chi connectivity index (χ4v) is 7.92. The van der Waals surface area contributed by atoms with E-state index in [1.165, 1.54) is 0 Å². The lowest BCUT2D eigenvalue weighted by Crippen LogP contribution is -2.75. The van der Waals surface area contributed by atoms with Crippen molar-refractivity contribution in [3.8, 4) is 0 Å². The quantitative estimate of drug-likeness (QED) is 0.521. The summed E-state index contributed by atoms with van der Waals surface area (Å²) in [5.74, 6) is -1.22. The molecule has 5 rings (SSSR count). The molecule has 2 saturated carbocycles. The maximum atomic E-state index is 15.7. The Morgan fingerprint density at radius 2 is 1.69 bits per heavy atom. The van der Waals surface area contributed by atoms with Gasteiger partial charge in [0.2, 0.25) is 11.8 Å². The summed E-state index contributed by atoms with van der Waals surface area (Å²) in [7, 11) is 0. The summed E-state index contributed by atoms with van der Waals surface area (Å²) in [5, 5.41) is 8.87. The average Bonchev–Trinajstić information content (AvgIpc) is 2.80. The lowest BCUT2D eigenvalue weighted by atomic mass is 9.68. The Hall–Kier alpha value is -1.77. The molecular weight excluding hydrogens is 454 g/mol. The second-order valence-electron chi connectivity index (χ2n) is 11.9. The summed E-state index contributed by atoms with van der Waals surface area (Å²) in [5.41, 5.74) is 0. The number of nitrogens with zero attached hydrogens (tertiary/aromatic N) is 1. The molecule has 7 nitrogen and oxygen atoms in total. The zero-order chi connectivity index (χ0) is 24.9. The molecule has 3 saturated heterocycles. The maximum Gasteiger partial charge on any atom is 0.325 e. The van der Waals surface area contributed by atoms with E-state index >= 15 is 8.78 Å². The van der Waals surface area contributed by atoms with Crippen LogP contribution in [0.25, 0.3) is 0 Å². The van der Waals surface area contributed by atoms with Crippen LogP contribution in [0.5, 0.6) is 0 Å². The molecule has 3 N–H and O–H groups in total. The molecule has 4 amide bonds. The third kappa shape index (κ3) is 4.58. The van der Waals surface area contributed by atoms with Crippen LogP contribution in [-0.4, -0.2) is 59.4 Å². The van der Waals surface area contributed by atoms with Gasteiger partial charge in [0, 0.05) is 30.5 Å². The lowest BCUT2D eigenvalue weighted by molar-refractivity contribution is -0.137. The van der Waals surface area contributed by atoms with Crippen LogP contribution in [0.15, 0.2) is 0 Å². The van der Waals surface area contributed by atoms with Crippen molar-refractivity contribution in [3.05, 3.63) is 0 Å². The average molecular weight is 495 g/mol. The minimum Gasteiger partial charge on any atom is -0.353 e. The first kappa shape index (κ1) is 24.9. The number of fused-ring (bicyclic) bond motifs is 5. The van der Waals surface area contributed by atoms with Gasteiger partial charge in [-0.1, -0.05) is 20.3 Å². The Morgan fingerprint density at radius 3 is 2.46 bits per heavy atom. The summed E-state index contributed by atoms with van der Waals surface area (Å²) in [6, 6.07) is -1.85. The van der Waals surface area contributed by atoms with E-state index in [1.54, 1.807) is 4.90 Å². The number of amides is 4. The van der Waals surface area contributed by atoms with Gasteiger partial charge >= 0.3 is 6.03 Å². The largest absolute Gasteiger partial charge is 0.353 e. The first-order chi connectivity index (χ1) is 16.8. The zero-order valence-corrected chi connectivity index (χ0v) is 20.8. The van der Waals surface area contributed by atoms with Crippen molar-refractivity contribution in [1.29, 1.82) is 0 Å². The number of piperidine rings is 1. The molecule has 5 aliphatic rings. The number of halogens is 2. The number of carbonyl (C=O) groups is 3. The number of alkyl halides is 2. The van der Waals surface area contributed by atoms with E-state index in [1.807, 2.05) is 0 Å². The number of hydrogen-bond acceptors (Lipinski definition) is 4. The number of imide groups is 1. The number of hydrogen-bond donors (Lipinski definition) is 3. The van der Waals surface area contributed by atoms with Crippen molar-refractivity contribution >= 4 is 17.8 Å².